The highest BCUT2D eigenvalue weighted by Gasteiger charge is 2.17. The van der Waals surface area contributed by atoms with Gasteiger partial charge >= 0.3 is 0 Å². The Labute approximate surface area is 173 Å². The van der Waals surface area contributed by atoms with Crippen LogP contribution in [0.4, 0.5) is 0 Å². The molecule has 0 unspecified atom stereocenters. The molecule has 0 aliphatic heterocycles. The van der Waals surface area contributed by atoms with Gasteiger partial charge in [0, 0.05) is 11.1 Å². The second-order valence-electron chi connectivity index (χ2n) is 10.4. The van der Waals surface area contributed by atoms with Crippen LogP contribution in [0.2, 0.25) is 0 Å². The second-order valence-corrected chi connectivity index (χ2v) is 10.4. The van der Waals surface area contributed by atoms with Crippen LogP contribution in [-0.2, 0) is 12.8 Å². The lowest BCUT2D eigenvalue weighted by Crippen LogP contribution is -2.08. The van der Waals surface area contributed by atoms with E-state index in [9.17, 15) is 15.3 Å². The fraction of sp³-hybridized carbons (Fsp3) is 0.760. The molecule has 3 heteroatoms. The molecule has 3 nitrogen and oxygen atoms in total. The molecule has 1 aromatic carbocycles. The van der Waals surface area contributed by atoms with Gasteiger partial charge in [-0.05, 0) is 55.4 Å². The van der Waals surface area contributed by atoms with Gasteiger partial charge in [0.15, 0.2) is 11.5 Å². The first kappa shape index (κ1) is 24.7. The van der Waals surface area contributed by atoms with Crippen LogP contribution in [0.25, 0.3) is 0 Å². The van der Waals surface area contributed by atoms with Gasteiger partial charge in [-0.15, -0.1) is 0 Å². The summed E-state index contributed by atoms with van der Waals surface area (Å²) in [5.74, 6) is -0.0561. The predicted molar refractivity (Wildman–Crippen MR) is 119 cm³/mol. The third-order valence-corrected chi connectivity index (χ3v) is 6.04. The lowest BCUT2D eigenvalue weighted by molar-refractivity contribution is 0.307. The molecule has 0 atom stereocenters. The van der Waals surface area contributed by atoms with E-state index in [1.165, 1.54) is 25.7 Å². The van der Waals surface area contributed by atoms with Gasteiger partial charge in [0.05, 0.1) is 0 Å². The number of aromatic hydroxyl groups is 3. The summed E-state index contributed by atoms with van der Waals surface area (Å²) >= 11 is 0. The van der Waals surface area contributed by atoms with Crippen molar-refractivity contribution in [3.05, 3.63) is 17.2 Å². The molecule has 162 valence electrons. The van der Waals surface area contributed by atoms with Gasteiger partial charge in [-0.25, -0.2) is 0 Å². The molecule has 0 fully saturated rings. The third-order valence-electron chi connectivity index (χ3n) is 6.04. The fourth-order valence-corrected chi connectivity index (χ4v) is 3.58. The second kappa shape index (κ2) is 11.0. The number of unbranched alkanes of at least 4 members (excludes halogenated alkanes) is 4. The van der Waals surface area contributed by atoms with Crippen LogP contribution in [0.15, 0.2) is 6.07 Å². The first-order chi connectivity index (χ1) is 13.0. The lowest BCUT2D eigenvalue weighted by atomic mass is 9.84. The molecule has 1 aromatic rings. The van der Waals surface area contributed by atoms with Crippen molar-refractivity contribution in [3.8, 4) is 17.2 Å². The molecule has 0 saturated carbocycles. The maximum atomic E-state index is 10.4. The molecular formula is C25H44O3. The summed E-state index contributed by atoms with van der Waals surface area (Å²) in [4.78, 5) is 0. The minimum absolute atomic E-state index is 0.0479. The molecule has 28 heavy (non-hydrogen) atoms. The van der Waals surface area contributed by atoms with Gasteiger partial charge in [-0.1, -0.05) is 73.6 Å². The first-order valence-corrected chi connectivity index (χ1v) is 11.2. The standard InChI is InChI=1S/C25H44O3/c1-7-25(5,6)17-12-9-8-10-15-20-21(26)18-19(22(27)23(20)28)14-11-13-16-24(2,3)4/h18,26-28H,7-17H2,1-6H3. The number of phenols is 3. The highest BCUT2D eigenvalue weighted by atomic mass is 16.3. The Kier molecular flexibility index (Phi) is 9.66. The summed E-state index contributed by atoms with van der Waals surface area (Å²) in [6, 6.07) is 1.64. The van der Waals surface area contributed by atoms with Gasteiger partial charge in [0.25, 0.3) is 0 Å². The summed E-state index contributed by atoms with van der Waals surface area (Å²) in [6.07, 6.45) is 11.2. The minimum atomic E-state index is -0.127. The van der Waals surface area contributed by atoms with E-state index in [0.717, 1.165) is 32.1 Å². The molecule has 0 heterocycles. The Morgan fingerprint density at radius 1 is 0.714 bits per heavy atom. The van der Waals surface area contributed by atoms with Crippen molar-refractivity contribution in [1.82, 2.24) is 0 Å². The Bertz CT molecular complexity index is 597. The summed E-state index contributed by atoms with van der Waals surface area (Å²) in [6.45, 7) is 13.5. The zero-order chi connectivity index (χ0) is 21.4. The van der Waals surface area contributed by atoms with Crippen LogP contribution in [0.3, 0.4) is 0 Å². The van der Waals surface area contributed by atoms with Crippen LogP contribution in [0, 0.1) is 10.8 Å². The number of rotatable bonds is 12. The van der Waals surface area contributed by atoms with Gasteiger partial charge in [0.2, 0.25) is 0 Å². The van der Waals surface area contributed by atoms with Crippen molar-refractivity contribution in [3.63, 3.8) is 0 Å². The van der Waals surface area contributed by atoms with E-state index in [4.69, 9.17) is 0 Å². The number of phenolic OH excluding ortho intramolecular Hbond substituents is 3. The van der Waals surface area contributed by atoms with E-state index >= 15 is 0 Å². The number of hydrogen-bond donors (Lipinski definition) is 3. The Morgan fingerprint density at radius 3 is 1.89 bits per heavy atom. The van der Waals surface area contributed by atoms with Crippen LogP contribution in [0.1, 0.15) is 110 Å². The molecule has 0 aromatic heterocycles. The van der Waals surface area contributed by atoms with E-state index in [0.29, 0.717) is 34.8 Å². The smallest absolute Gasteiger partial charge is 0.164 e. The van der Waals surface area contributed by atoms with Gasteiger partial charge in [-0.2, -0.15) is 0 Å². The van der Waals surface area contributed by atoms with E-state index in [2.05, 4.69) is 41.5 Å². The molecule has 0 aliphatic carbocycles. The van der Waals surface area contributed by atoms with Crippen molar-refractivity contribution in [1.29, 1.82) is 0 Å². The maximum Gasteiger partial charge on any atom is 0.164 e. The Morgan fingerprint density at radius 2 is 1.29 bits per heavy atom. The SMILES string of the molecule is CCC(C)(C)CCCCCCc1c(O)cc(CCCCC(C)(C)C)c(O)c1O. The number of hydrogen-bond acceptors (Lipinski definition) is 3. The van der Waals surface area contributed by atoms with Crippen molar-refractivity contribution in [2.75, 3.05) is 0 Å². The van der Waals surface area contributed by atoms with E-state index in [-0.39, 0.29) is 17.2 Å². The van der Waals surface area contributed by atoms with Gasteiger partial charge < -0.3 is 15.3 Å². The van der Waals surface area contributed by atoms with Gasteiger partial charge in [-0.3, -0.25) is 0 Å². The van der Waals surface area contributed by atoms with Crippen LogP contribution >= 0.6 is 0 Å². The molecule has 0 saturated heterocycles. The zero-order valence-electron chi connectivity index (χ0n) is 19.2. The predicted octanol–water partition coefficient (Wildman–Crippen LogP) is 7.49. The average molecular weight is 393 g/mol. The van der Waals surface area contributed by atoms with Crippen LogP contribution in [0.5, 0.6) is 17.2 Å². The summed E-state index contributed by atoms with van der Waals surface area (Å²) in [5, 5.41) is 31.1. The summed E-state index contributed by atoms with van der Waals surface area (Å²) in [7, 11) is 0. The third kappa shape index (κ3) is 8.75. The monoisotopic (exact) mass is 392 g/mol. The molecule has 0 spiro atoms. The molecule has 1 rings (SSSR count). The van der Waals surface area contributed by atoms with Crippen molar-refractivity contribution in [2.45, 2.75) is 112 Å². The van der Waals surface area contributed by atoms with Crippen LogP contribution in [-0.4, -0.2) is 15.3 Å². The number of benzene rings is 1. The lowest BCUT2D eigenvalue weighted by Gasteiger charge is -2.22. The van der Waals surface area contributed by atoms with Gasteiger partial charge in [0.1, 0.15) is 5.75 Å². The van der Waals surface area contributed by atoms with E-state index < -0.39 is 0 Å². The quantitative estimate of drug-likeness (QED) is 0.196. The minimum Gasteiger partial charge on any atom is -0.508 e. The molecule has 3 N–H and O–H groups in total. The highest BCUT2D eigenvalue weighted by Crippen LogP contribution is 2.40. The molecule has 0 aliphatic rings. The van der Waals surface area contributed by atoms with Crippen molar-refractivity contribution in [2.24, 2.45) is 10.8 Å². The fourth-order valence-electron chi connectivity index (χ4n) is 3.58. The maximum absolute atomic E-state index is 10.4. The Balaban J connectivity index is 2.50. The normalized spacial score (nSPS) is 12.5. The van der Waals surface area contributed by atoms with E-state index in [1.54, 1.807) is 6.07 Å². The summed E-state index contributed by atoms with van der Waals surface area (Å²) in [5.41, 5.74) is 1.87. The molecule has 0 amide bonds. The average Bonchev–Trinajstić information content (AvgIpc) is 2.60. The largest absolute Gasteiger partial charge is 0.508 e. The van der Waals surface area contributed by atoms with E-state index in [1.807, 2.05) is 0 Å². The first-order valence-electron chi connectivity index (χ1n) is 11.2. The van der Waals surface area contributed by atoms with Crippen molar-refractivity contribution < 1.29 is 15.3 Å². The molecular weight excluding hydrogens is 348 g/mol. The Hall–Kier alpha value is -1.38. The van der Waals surface area contributed by atoms with Crippen molar-refractivity contribution >= 4 is 0 Å². The number of aryl methyl sites for hydroxylation is 1. The highest BCUT2D eigenvalue weighted by molar-refractivity contribution is 5.56. The van der Waals surface area contributed by atoms with Crippen LogP contribution < -0.4 is 0 Å². The topological polar surface area (TPSA) is 60.7 Å². The molecule has 0 radical (unpaired) electrons. The zero-order valence-corrected chi connectivity index (χ0v) is 19.2. The summed E-state index contributed by atoms with van der Waals surface area (Å²) < 4.78 is 0. The molecule has 0 bridgehead atoms.